The van der Waals surface area contributed by atoms with Gasteiger partial charge in [-0.15, -0.1) is 11.3 Å². The van der Waals surface area contributed by atoms with Crippen molar-refractivity contribution in [2.75, 3.05) is 7.05 Å². The Morgan fingerprint density at radius 2 is 2.00 bits per heavy atom. The molecule has 0 aliphatic rings. The molecule has 1 unspecified atom stereocenters. The van der Waals surface area contributed by atoms with Crippen molar-refractivity contribution < 1.29 is 9.59 Å². The third-order valence-corrected chi connectivity index (χ3v) is 5.33. The van der Waals surface area contributed by atoms with Crippen LogP contribution >= 0.6 is 22.9 Å². The molecule has 0 radical (unpaired) electrons. The average molecular weight is 353 g/mol. The van der Waals surface area contributed by atoms with Gasteiger partial charge in [-0.3, -0.25) is 14.5 Å². The van der Waals surface area contributed by atoms with Crippen molar-refractivity contribution >= 4 is 34.5 Å². The molecule has 124 valence electrons. The first kappa shape index (κ1) is 17.9. The molecule has 23 heavy (non-hydrogen) atoms. The Hall–Kier alpha value is -1.43. The van der Waals surface area contributed by atoms with Crippen LogP contribution in [0.4, 0.5) is 0 Å². The summed E-state index contributed by atoms with van der Waals surface area (Å²) in [6.07, 6.45) is 0. The lowest BCUT2D eigenvalue weighted by molar-refractivity contribution is 0.0857. The zero-order valence-electron chi connectivity index (χ0n) is 14.0. The fourth-order valence-corrected chi connectivity index (χ4v) is 3.90. The number of aromatic nitrogens is 1. The van der Waals surface area contributed by atoms with E-state index >= 15 is 0 Å². The van der Waals surface area contributed by atoms with Gasteiger partial charge in [0.05, 0.1) is 16.1 Å². The number of ketones is 2. The van der Waals surface area contributed by atoms with Crippen LogP contribution in [0.2, 0.25) is 4.34 Å². The van der Waals surface area contributed by atoms with E-state index in [0.717, 1.165) is 20.5 Å². The van der Waals surface area contributed by atoms with E-state index in [1.165, 1.54) is 18.3 Å². The van der Waals surface area contributed by atoms with Crippen molar-refractivity contribution in [3.05, 3.63) is 43.9 Å². The highest BCUT2D eigenvalue weighted by atomic mass is 35.5. The highest BCUT2D eigenvalue weighted by molar-refractivity contribution is 7.16. The topological polar surface area (TPSA) is 53.2 Å². The minimum atomic E-state index is -0.299. The molecule has 0 aromatic carbocycles. The van der Waals surface area contributed by atoms with E-state index in [1.807, 2.05) is 44.9 Å². The molecule has 0 saturated heterocycles. The van der Waals surface area contributed by atoms with E-state index < -0.39 is 0 Å². The molecule has 2 aromatic heterocycles. The number of carbonyl (C=O) groups excluding carboxylic acids is 2. The monoisotopic (exact) mass is 352 g/mol. The third kappa shape index (κ3) is 3.74. The van der Waals surface area contributed by atoms with Gasteiger partial charge in [0.15, 0.2) is 11.6 Å². The van der Waals surface area contributed by atoms with Crippen molar-refractivity contribution in [3.63, 3.8) is 0 Å². The summed E-state index contributed by atoms with van der Waals surface area (Å²) in [7, 11) is 1.91. The molecule has 6 heteroatoms. The van der Waals surface area contributed by atoms with Gasteiger partial charge in [-0.1, -0.05) is 11.6 Å². The lowest BCUT2D eigenvalue weighted by atomic mass is 10.0. The van der Waals surface area contributed by atoms with Gasteiger partial charge in [0.1, 0.15) is 0 Å². The second kappa shape index (κ2) is 6.99. The standard InChI is InChI=1S/C17H21ClN2O2S/c1-9-15(12(4)21)10(2)19-16(9)17(22)11(3)20(5)8-13-6-7-14(18)23-13/h6-7,11,19H,8H2,1-5H3. The lowest BCUT2D eigenvalue weighted by Crippen LogP contribution is -2.35. The normalized spacial score (nSPS) is 12.7. The van der Waals surface area contributed by atoms with Crippen LogP contribution in [-0.2, 0) is 6.54 Å². The molecule has 1 N–H and O–H groups in total. The lowest BCUT2D eigenvalue weighted by Gasteiger charge is -2.22. The van der Waals surface area contributed by atoms with Gasteiger partial charge < -0.3 is 4.98 Å². The molecule has 2 rings (SSSR count). The Balaban J connectivity index is 2.19. The van der Waals surface area contributed by atoms with Crippen LogP contribution in [0, 0.1) is 13.8 Å². The predicted octanol–water partition coefficient (Wildman–Crippen LogP) is 4.25. The smallest absolute Gasteiger partial charge is 0.196 e. The maximum absolute atomic E-state index is 12.8. The highest BCUT2D eigenvalue weighted by Crippen LogP contribution is 2.24. The Morgan fingerprint density at radius 1 is 1.35 bits per heavy atom. The molecule has 0 bridgehead atoms. The molecule has 0 fully saturated rings. The van der Waals surface area contributed by atoms with Crippen molar-refractivity contribution in [1.29, 1.82) is 0 Å². The first-order chi connectivity index (χ1) is 10.7. The van der Waals surface area contributed by atoms with E-state index in [0.29, 0.717) is 17.8 Å². The van der Waals surface area contributed by atoms with Gasteiger partial charge >= 0.3 is 0 Å². The first-order valence-corrected chi connectivity index (χ1v) is 8.60. The highest BCUT2D eigenvalue weighted by Gasteiger charge is 2.26. The van der Waals surface area contributed by atoms with Crippen LogP contribution in [0.5, 0.6) is 0 Å². The zero-order valence-corrected chi connectivity index (χ0v) is 15.6. The summed E-state index contributed by atoms with van der Waals surface area (Å²) in [5.74, 6) is -0.0345. The number of aromatic amines is 1. The number of aryl methyl sites for hydroxylation is 1. The van der Waals surface area contributed by atoms with Crippen LogP contribution in [0.25, 0.3) is 0 Å². The number of carbonyl (C=O) groups is 2. The number of nitrogens with one attached hydrogen (secondary N) is 1. The molecule has 0 aliphatic heterocycles. The number of hydrogen-bond acceptors (Lipinski definition) is 4. The fourth-order valence-electron chi connectivity index (χ4n) is 2.75. The van der Waals surface area contributed by atoms with E-state index in [4.69, 9.17) is 11.6 Å². The molecular weight excluding hydrogens is 332 g/mol. The quantitative estimate of drug-likeness (QED) is 0.790. The molecule has 2 heterocycles. The van der Waals surface area contributed by atoms with Gasteiger partial charge in [0, 0.05) is 22.7 Å². The Bertz CT molecular complexity index is 748. The minimum absolute atomic E-state index is 0.0109. The summed E-state index contributed by atoms with van der Waals surface area (Å²) in [6, 6.07) is 3.53. The van der Waals surface area contributed by atoms with Crippen molar-refractivity contribution in [2.45, 2.75) is 40.3 Å². The number of rotatable bonds is 6. The molecule has 0 aliphatic carbocycles. The molecule has 1 atom stereocenters. The maximum Gasteiger partial charge on any atom is 0.196 e. The Kier molecular flexibility index (Phi) is 5.45. The van der Waals surface area contributed by atoms with Crippen molar-refractivity contribution in [1.82, 2.24) is 9.88 Å². The first-order valence-electron chi connectivity index (χ1n) is 7.41. The second-order valence-corrected chi connectivity index (χ2v) is 7.64. The van der Waals surface area contributed by atoms with Crippen molar-refractivity contribution in [2.24, 2.45) is 0 Å². The summed E-state index contributed by atoms with van der Waals surface area (Å²) in [5, 5.41) is 0. The van der Waals surface area contributed by atoms with E-state index in [2.05, 4.69) is 4.98 Å². The van der Waals surface area contributed by atoms with Crippen LogP contribution in [0.1, 0.15) is 50.8 Å². The van der Waals surface area contributed by atoms with Gasteiger partial charge in [0.2, 0.25) is 0 Å². The minimum Gasteiger partial charge on any atom is -0.355 e. The zero-order chi connectivity index (χ0) is 17.3. The predicted molar refractivity (Wildman–Crippen MR) is 94.9 cm³/mol. The number of Topliss-reactive ketones (excluding diaryl/α,β-unsaturated/α-hetero) is 2. The molecular formula is C17H21ClN2O2S. The summed E-state index contributed by atoms with van der Waals surface area (Å²) in [4.78, 5) is 30.7. The van der Waals surface area contributed by atoms with Crippen LogP contribution in [0.15, 0.2) is 12.1 Å². The number of halogens is 1. The summed E-state index contributed by atoms with van der Waals surface area (Å²) < 4.78 is 0.745. The van der Waals surface area contributed by atoms with Crippen LogP contribution < -0.4 is 0 Å². The fraction of sp³-hybridized carbons (Fsp3) is 0.412. The van der Waals surface area contributed by atoms with Crippen LogP contribution in [-0.4, -0.2) is 34.5 Å². The molecule has 0 amide bonds. The molecule has 2 aromatic rings. The van der Waals surface area contributed by atoms with E-state index in [-0.39, 0.29) is 17.6 Å². The largest absolute Gasteiger partial charge is 0.355 e. The van der Waals surface area contributed by atoms with Gasteiger partial charge in [-0.05, 0) is 52.4 Å². The summed E-state index contributed by atoms with van der Waals surface area (Å²) >= 11 is 7.46. The van der Waals surface area contributed by atoms with E-state index in [1.54, 1.807) is 0 Å². The number of nitrogens with zero attached hydrogens (tertiary/aromatic N) is 1. The number of hydrogen-bond donors (Lipinski definition) is 1. The number of likely N-dealkylation sites (N-methyl/N-ethyl adjacent to an activating group) is 1. The Labute approximate surface area is 145 Å². The second-order valence-electron chi connectivity index (χ2n) is 5.84. The maximum atomic E-state index is 12.8. The number of H-pyrrole nitrogens is 1. The molecule has 0 saturated carbocycles. The van der Waals surface area contributed by atoms with Crippen LogP contribution in [0.3, 0.4) is 0 Å². The molecule has 4 nitrogen and oxygen atoms in total. The van der Waals surface area contributed by atoms with Gasteiger partial charge in [-0.2, -0.15) is 0 Å². The number of thiophene rings is 1. The molecule has 0 spiro atoms. The third-order valence-electron chi connectivity index (χ3n) is 4.11. The SMILES string of the molecule is CC(=O)c1c(C)[nH]c(C(=O)C(C)N(C)Cc2ccc(Cl)s2)c1C. The summed E-state index contributed by atoms with van der Waals surface area (Å²) in [6.45, 7) is 7.69. The Morgan fingerprint density at radius 3 is 2.48 bits per heavy atom. The van der Waals surface area contributed by atoms with Gasteiger partial charge in [0.25, 0.3) is 0 Å². The average Bonchev–Trinajstić information content (AvgIpc) is 3.00. The van der Waals surface area contributed by atoms with Gasteiger partial charge in [-0.25, -0.2) is 0 Å². The van der Waals surface area contributed by atoms with E-state index in [9.17, 15) is 9.59 Å². The van der Waals surface area contributed by atoms with Crippen molar-refractivity contribution in [3.8, 4) is 0 Å². The summed E-state index contributed by atoms with van der Waals surface area (Å²) in [5.41, 5.74) is 2.63.